The van der Waals surface area contributed by atoms with Crippen molar-refractivity contribution in [2.75, 3.05) is 58.9 Å². The van der Waals surface area contributed by atoms with E-state index in [0.29, 0.717) is 81.4 Å². The molecule has 9 aromatic carbocycles. The van der Waals surface area contributed by atoms with Gasteiger partial charge in [-0.15, -0.1) is 34.0 Å². The Kier molecular flexibility index (Phi) is 25.2. The molecule has 0 bridgehead atoms. The van der Waals surface area contributed by atoms with Crippen molar-refractivity contribution in [3.05, 3.63) is 263 Å². The van der Waals surface area contributed by atoms with Crippen LogP contribution in [0, 0.1) is 44.3 Å². The number of fused-ring (bicyclic) bond motifs is 3. The van der Waals surface area contributed by atoms with Crippen molar-refractivity contribution in [3.8, 4) is 51.7 Å². The van der Waals surface area contributed by atoms with E-state index in [2.05, 4.69) is 71.9 Å². The van der Waals surface area contributed by atoms with E-state index in [-0.39, 0.29) is 40.4 Å². The Balaban J connectivity index is 0.000000143. The number of nitrogens with zero attached hydrogens (tertiary/aromatic N) is 3. The molecule has 12 aromatic rings. The average Bonchev–Trinajstić information content (AvgIpc) is 1.64. The molecular formula is C90H90Cl2FN3O9S3. The van der Waals surface area contributed by atoms with Crippen LogP contribution in [0.25, 0.3) is 30.3 Å². The molecule has 108 heavy (non-hydrogen) atoms. The zero-order chi connectivity index (χ0) is 75.7. The molecule has 18 heteroatoms. The van der Waals surface area contributed by atoms with Gasteiger partial charge >= 0.3 is 0 Å². The molecule has 0 unspecified atom stereocenters. The summed E-state index contributed by atoms with van der Waals surface area (Å²) in [5.74, 6) is 5.51. The summed E-state index contributed by atoms with van der Waals surface area (Å²) in [5, 5.41) is 33.4. The number of aromatic hydroxyl groups is 3. The van der Waals surface area contributed by atoms with Gasteiger partial charge in [0.1, 0.15) is 54.9 Å². The molecule has 3 aromatic heterocycles. The van der Waals surface area contributed by atoms with E-state index in [0.717, 1.165) is 117 Å². The molecule has 3 saturated heterocycles. The summed E-state index contributed by atoms with van der Waals surface area (Å²) in [6.45, 7) is 23.2. The molecule has 3 N–H and O–H groups in total. The number of rotatable bonds is 24. The second kappa shape index (κ2) is 35.2. The summed E-state index contributed by atoms with van der Waals surface area (Å²) in [5.41, 5.74) is 7.61. The Hall–Kier alpha value is -8.94. The summed E-state index contributed by atoms with van der Waals surface area (Å²) < 4.78 is 34.9. The summed E-state index contributed by atoms with van der Waals surface area (Å²) in [6, 6.07) is 54.2. The van der Waals surface area contributed by atoms with Crippen LogP contribution in [0.1, 0.15) is 138 Å². The van der Waals surface area contributed by atoms with Crippen molar-refractivity contribution >= 4 is 105 Å². The number of hydrogen-bond acceptors (Lipinski definition) is 15. The topological polar surface area (TPSA) is 149 Å². The molecule has 0 spiro atoms. The van der Waals surface area contributed by atoms with Gasteiger partial charge in [0.25, 0.3) is 0 Å². The van der Waals surface area contributed by atoms with Gasteiger partial charge in [0.15, 0.2) is 17.2 Å². The van der Waals surface area contributed by atoms with Crippen molar-refractivity contribution in [2.45, 2.75) is 99.3 Å². The molecule has 0 amide bonds. The predicted molar refractivity (Wildman–Crippen MR) is 439 cm³/mol. The molecule has 0 aliphatic carbocycles. The van der Waals surface area contributed by atoms with Crippen LogP contribution in [-0.2, 0) is 19.3 Å². The van der Waals surface area contributed by atoms with Crippen molar-refractivity contribution in [1.29, 1.82) is 0 Å². The Morgan fingerprint density at radius 3 is 1.08 bits per heavy atom. The minimum Gasteiger partial charge on any atom is -0.508 e. The molecule has 6 heterocycles. The Morgan fingerprint density at radius 1 is 0.407 bits per heavy atom. The van der Waals surface area contributed by atoms with Gasteiger partial charge in [0, 0.05) is 76.6 Å². The largest absolute Gasteiger partial charge is 0.508 e. The highest BCUT2D eigenvalue weighted by atomic mass is 35.5. The second-order valence-corrected chi connectivity index (χ2v) is 33.3. The van der Waals surface area contributed by atoms with Crippen molar-refractivity contribution in [2.24, 2.45) is 17.8 Å². The highest BCUT2D eigenvalue weighted by Gasteiger charge is 2.29. The molecule has 12 nitrogen and oxygen atoms in total. The molecule has 558 valence electrons. The van der Waals surface area contributed by atoms with Crippen LogP contribution in [-0.4, -0.2) is 106 Å². The Bertz CT molecular complexity index is 5000. The first-order valence-corrected chi connectivity index (χ1v) is 40.5. The maximum atomic E-state index is 13.6. The number of halogens is 3. The number of carbonyl (C=O) groups excluding carboxylic acids is 3. The van der Waals surface area contributed by atoms with Crippen LogP contribution in [0.2, 0.25) is 10.0 Å². The lowest BCUT2D eigenvalue weighted by Gasteiger charge is -2.15. The van der Waals surface area contributed by atoms with Crippen LogP contribution in [0.15, 0.2) is 182 Å². The first kappa shape index (κ1) is 77.2. The van der Waals surface area contributed by atoms with E-state index >= 15 is 0 Å². The molecule has 3 aliphatic heterocycles. The quantitative estimate of drug-likeness (QED) is 0.0494. The van der Waals surface area contributed by atoms with E-state index < -0.39 is 0 Å². The fraction of sp³-hybridized carbons (Fsp3) is 0.300. The number of phenolic OH excluding ortho intramolecular Hbond substituents is 3. The van der Waals surface area contributed by atoms with Crippen LogP contribution in [0.5, 0.6) is 51.7 Å². The molecular weight excluding hydrogens is 1450 g/mol. The number of likely N-dealkylation sites (tertiary alicyclic amines) is 3. The van der Waals surface area contributed by atoms with Crippen LogP contribution in [0.4, 0.5) is 4.39 Å². The molecule has 3 fully saturated rings. The first-order chi connectivity index (χ1) is 52.1. The van der Waals surface area contributed by atoms with Gasteiger partial charge in [0.05, 0.1) is 0 Å². The molecule has 3 atom stereocenters. The minimum absolute atomic E-state index is 0.118. The van der Waals surface area contributed by atoms with Gasteiger partial charge in [-0.1, -0.05) is 86.4 Å². The average molecular weight is 1540 g/mol. The lowest BCUT2D eigenvalue weighted by Crippen LogP contribution is -2.21. The lowest BCUT2D eigenvalue weighted by molar-refractivity contribution is 0.103. The number of ether oxygens (including phenoxy) is 3. The molecule has 0 radical (unpaired) electrons. The Labute approximate surface area is 653 Å². The van der Waals surface area contributed by atoms with Crippen LogP contribution >= 0.6 is 57.2 Å². The third kappa shape index (κ3) is 19.2. The van der Waals surface area contributed by atoms with E-state index in [1.54, 1.807) is 91.9 Å². The number of benzene rings is 9. The number of hydrogen-bond donors (Lipinski definition) is 3. The van der Waals surface area contributed by atoms with E-state index in [1.165, 1.54) is 127 Å². The predicted octanol–water partition coefficient (Wildman–Crippen LogP) is 23.1. The van der Waals surface area contributed by atoms with Crippen molar-refractivity contribution in [3.63, 3.8) is 0 Å². The van der Waals surface area contributed by atoms with Gasteiger partial charge < -0.3 is 44.2 Å². The third-order valence-corrected chi connectivity index (χ3v) is 24.5. The van der Waals surface area contributed by atoms with Crippen molar-refractivity contribution in [1.82, 2.24) is 14.7 Å². The lowest BCUT2D eigenvalue weighted by atomic mass is 10.0. The van der Waals surface area contributed by atoms with Gasteiger partial charge in [0.2, 0.25) is 17.3 Å². The van der Waals surface area contributed by atoms with E-state index in [9.17, 15) is 34.1 Å². The zero-order valence-electron chi connectivity index (χ0n) is 61.8. The number of carbonyl (C=O) groups is 3. The second-order valence-electron chi connectivity index (χ2n) is 29.3. The zero-order valence-corrected chi connectivity index (χ0v) is 65.7. The number of thiophene rings is 3. The molecule has 3 aliphatic rings. The normalized spacial score (nSPS) is 16.0. The number of phenols is 3. The molecule has 0 saturated carbocycles. The first-order valence-electron chi connectivity index (χ1n) is 37.3. The van der Waals surface area contributed by atoms with Gasteiger partial charge in [-0.3, -0.25) is 14.4 Å². The summed E-state index contributed by atoms with van der Waals surface area (Å²) in [4.78, 5) is 49.7. The number of aryl methyl sites for hydroxylation is 6. The molecule has 15 rings (SSSR count). The van der Waals surface area contributed by atoms with Gasteiger partial charge in [-0.05, 0) is 308 Å². The van der Waals surface area contributed by atoms with Gasteiger partial charge in [-0.25, -0.2) is 4.39 Å². The fourth-order valence-electron chi connectivity index (χ4n) is 14.6. The van der Waals surface area contributed by atoms with Crippen LogP contribution < -0.4 is 14.2 Å². The smallest absolute Gasteiger partial charge is 0.207 e. The van der Waals surface area contributed by atoms with Crippen molar-refractivity contribution < 1.29 is 48.3 Å². The minimum atomic E-state index is -0.378. The summed E-state index contributed by atoms with van der Waals surface area (Å²) in [7, 11) is 0. The van der Waals surface area contributed by atoms with E-state index in [1.807, 2.05) is 56.3 Å². The highest BCUT2D eigenvalue weighted by molar-refractivity contribution is 7.22. The summed E-state index contributed by atoms with van der Waals surface area (Å²) in [6.07, 6.45) is 10.4. The summed E-state index contributed by atoms with van der Waals surface area (Å²) >= 11 is 16.2. The highest BCUT2D eigenvalue weighted by Crippen LogP contribution is 2.47. The maximum Gasteiger partial charge on any atom is 0.207 e. The maximum absolute atomic E-state index is 13.6. The Morgan fingerprint density at radius 2 is 0.741 bits per heavy atom. The number of ketones is 3. The standard InChI is InChI=1S/2C30H30ClNO3S.C30H30FNO3S/c1-19-13-15-32(18-19)14-3-4-21-5-9-24(10-6-21)35-29-26-12-8-23(33)17-27(26)36-30(29)28(34)25-11-7-22(31)16-20(25)2;1-19-13-15-32(18-19)14-3-4-21-6-10-24(11-7-21)35-29-25-12-9-23(33)17-27(25)36-30(29)28(34)26-16-22(31)8-5-20(26)2;1-19-13-15-32(18-19)14-3-4-21-5-9-24(10-6-21)35-29-26-12-8-23(33)17-27(26)36-30(29)28(34)25-11-7-22(31)16-20(25)2/h3*5-12,16-17,19,33H,3-4,13-15,18H2,1-2H3/t3*19-/m000/s1. The van der Waals surface area contributed by atoms with Crippen LogP contribution in [0.3, 0.4) is 0 Å². The SMILES string of the molecule is Cc1cc(Cl)ccc1C(=O)c1sc2cc(O)ccc2c1Oc1ccc(CCCN2CC[C@H](C)C2)cc1.Cc1cc(F)ccc1C(=O)c1sc2cc(O)ccc2c1Oc1ccc(CCCN2CC[C@H](C)C2)cc1.Cc1ccc(Cl)cc1C(=O)c1sc2cc(O)ccc2c1Oc1ccc(CCCN2CC[C@H](C)C2)cc1. The fourth-order valence-corrected chi connectivity index (χ4v) is 18.4. The van der Waals surface area contributed by atoms with E-state index in [4.69, 9.17) is 37.4 Å². The van der Waals surface area contributed by atoms with Gasteiger partial charge in [-0.2, -0.15) is 0 Å². The third-order valence-electron chi connectivity index (χ3n) is 20.6. The monoisotopic (exact) mass is 1540 g/mol.